The van der Waals surface area contributed by atoms with Gasteiger partial charge in [0.25, 0.3) is 0 Å². The number of fused-ring (bicyclic) bond motifs is 2. The van der Waals surface area contributed by atoms with E-state index in [1.807, 2.05) is 55.7 Å². The SMILES string of the molecule is Cc1cc(Nc2ncnn3ccc(Br)c23)ccc1Oc1ccn2ncnc2c1. The lowest BCUT2D eigenvalue weighted by molar-refractivity contribution is 0.478. The number of aromatic nitrogens is 6. The fourth-order valence-electron chi connectivity index (χ4n) is 2.97. The van der Waals surface area contributed by atoms with Gasteiger partial charge in [0.1, 0.15) is 29.7 Å². The lowest BCUT2D eigenvalue weighted by Gasteiger charge is -2.12. The number of nitrogens with one attached hydrogen (secondary N) is 1. The molecule has 1 N–H and O–H groups in total. The molecule has 0 radical (unpaired) electrons. The summed E-state index contributed by atoms with van der Waals surface area (Å²) >= 11 is 3.54. The van der Waals surface area contributed by atoms with Crippen LogP contribution in [0.25, 0.3) is 11.2 Å². The molecule has 4 aromatic heterocycles. The van der Waals surface area contributed by atoms with E-state index in [1.165, 1.54) is 12.7 Å². The number of nitrogens with zero attached hydrogens (tertiary/aromatic N) is 6. The third-order valence-corrected chi connectivity index (χ3v) is 4.96. The summed E-state index contributed by atoms with van der Waals surface area (Å²) < 4.78 is 10.4. The Morgan fingerprint density at radius 1 is 0.964 bits per heavy atom. The Morgan fingerprint density at radius 3 is 2.68 bits per heavy atom. The molecular weight excluding hydrogens is 422 g/mol. The second-order valence-corrected chi connectivity index (χ2v) is 7.05. The Kier molecular flexibility index (Phi) is 3.94. The molecule has 0 fully saturated rings. The van der Waals surface area contributed by atoms with Gasteiger partial charge in [-0.2, -0.15) is 10.2 Å². The van der Waals surface area contributed by atoms with E-state index in [0.717, 1.165) is 38.5 Å². The molecule has 0 atom stereocenters. The predicted molar refractivity (Wildman–Crippen MR) is 108 cm³/mol. The Balaban J connectivity index is 1.42. The van der Waals surface area contributed by atoms with E-state index in [-0.39, 0.29) is 0 Å². The van der Waals surface area contributed by atoms with Gasteiger partial charge >= 0.3 is 0 Å². The second kappa shape index (κ2) is 6.61. The molecular formula is C19H14BrN7O. The van der Waals surface area contributed by atoms with Gasteiger partial charge in [-0.1, -0.05) is 0 Å². The minimum atomic E-state index is 0.707. The minimum Gasteiger partial charge on any atom is -0.457 e. The van der Waals surface area contributed by atoms with Gasteiger partial charge in [-0.3, -0.25) is 0 Å². The van der Waals surface area contributed by atoms with Crippen LogP contribution in [0.4, 0.5) is 11.5 Å². The van der Waals surface area contributed by atoms with Crippen LogP contribution in [0, 0.1) is 6.92 Å². The summed E-state index contributed by atoms with van der Waals surface area (Å²) in [5, 5.41) is 11.6. The number of benzene rings is 1. The number of hydrogen-bond donors (Lipinski definition) is 1. The maximum absolute atomic E-state index is 6.02. The molecule has 0 saturated carbocycles. The van der Waals surface area contributed by atoms with E-state index in [2.05, 4.69) is 41.4 Å². The van der Waals surface area contributed by atoms with Crippen molar-refractivity contribution in [3.63, 3.8) is 0 Å². The number of hydrogen-bond acceptors (Lipinski definition) is 6. The third-order valence-electron chi connectivity index (χ3n) is 4.32. The average Bonchev–Trinajstić information content (AvgIpc) is 3.31. The molecule has 0 amide bonds. The van der Waals surface area contributed by atoms with Crippen LogP contribution in [0.2, 0.25) is 0 Å². The zero-order valence-electron chi connectivity index (χ0n) is 14.7. The maximum Gasteiger partial charge on any atom is 0.159 e. The third kappa shape index (κ3) is 2.95. The van der Waals surface area contributed by atoms with Gasteiger partial charge in [-0.25, -0.2) is 19.0 Å². The van der Waals surface area contributed by atoms with E-state index in [9.17, 15) is 0 Å². The maximum atomic E-state index is 6.02. The number of ether oxygens (including phenoxy) is 1. The summed E-state index contributed by atoms with van der Waals surface area (Å²) in [5.41, 5.74) is 3.51. The van der Waals surface area contributed by atoms with E-state index < -0.39 is 0 Å². The fraction of sp³-hybridized carbons (Fsp3) is 0.0526. The summed E-state index contributed by atoms with van der Waals surface area (Å²) in [5.74, 6) is 2.20. The number of anilines is 2. The number of halogens is 1. The van der Waals surface area contributed by atoms with E-state index in [4.69, 9.17) is 4.74 Å². The number of rotatable bonds is 4. The van der Waals surface area contributed by atoms with Crippen LogP contribution in [-0.4, -0.2) is 29.2 Å². The van der Waals surface area contributed by atoms with E-state index in [1.54, 1.807) is 9.03 Å². The zero-order chi connectivity index (χ0) is 19.1. The molecule has 28 heavy (non-hydrogen) atoms. The fourth-order valence-corrected chi connectivity index (χ4v) is 3.46. The van der Waals surface area contributed by atoms with Crippen LogP contribution in [0.3, 0.4) is 0 Å². The summed E-state index contributed by atoms with van der Waals surface area (Å²) in [6.45, 7) is 2.00. The van der Waals surface area contributed by atoms with Crippen molar-refractivity contribution in [3.8, 4) is 11.5 Å². The van der Waals surface area contributed by atoms with Crippen LogP contribution >= 0.6 is 15.9 Å². The molecule has 1 aromatic carbocycles. The highest BCUT2D eigenvalue weighted by molar-refractivity contribution is 9.10. The van der Waals surface area contributed by atoms with E-state index >= 15 is 0 Å². The highest BCUT2D eigenvalue weighted by atomic mass is 79.9. The van der Waals surface area contributed by atoms with Crippen LogP contribution in [0.15, 0.2) is 65.9 Å². The zero-order valence-corrected chi connectivity index (χ0v) is 16.3. The first-order valence-corrected chi connectivity index (χ1v) is 9.29. The summed E-state index contributed by atoms with van der Waals surface area (Å²) in [4.78, 5) is 8.54. The second-order valence-electron chi connectivity index (χ2n) is 6.20. The monoisotopic (exact) mass is 435 g/mol. The molecule has 8 nitrogen and oxygen atoms in total. The molecule has 0 aliphatic heterocycles. The Labute approximate surface area is 167 Å². The minimum absolute atomic E-state index is 0.707. The molecule has 0 unspecified atom stereocenters. The van der Waals surface area contributed by atoms with Crippen molar-refractivity contribution < 1.29 is 4.74 Å². The molecule has 0 aliphatic carbocycles. The van der Waals surface area contributed by atoms with Crippen LogP contribution < -0.4 is 10.1 Å². The largest absolute Gasteiger partial charge is 0.457 e. The van der Waals surface area contributed by atoms with Gasteiger partial charge in [-0.15, -0.1) is 0 Å². The van der Waals surface area contributed by atoms with E-state index in [0.29, 0.717) is 5.75 Å². The first-order valence-electron chi connectivity index (χ1n) is 8.50. The molecule has 4 heterocycles. The molecule has 9 heteroatoms. The molecule has 0 spiro atoms. The van der Waals surface area contributed by atoms with Crippen LogP contribution in [-0.2, 0) is 0 Å². The topological polar surface area (TPSA) is 81.6 Å². The van der Waals surface area contributed by atoms with Gasteiger partial charge < -0.3 is 10.1 Å². The Bertz CT molecular complexity index is 1310. The lowest BCUT2D eigenvalue weighted by atomic mass is 10.2. The molecule has 5 aromatic rings. The Morgan fingerprint density at radius 2 is 1.79 bits per heavy atom. The van der Waals surface area contributed by atoms with Crippen molar-refractivity contribution in [1.82, 2.24) is 29.2 Å². The highest BCUT2D eigenvalue weighted by Gasteiger charge is 2.10. The lowest BCUT2D eigenvalue weighted by Crippen LogP contribution is -2.00. The summed E-state index contributed by atoms with van der Waals surface area (Å²) in [6.07, 6.45) is 6.73. The molecule has 0 bridgehead atoms. The van der Waals surface area contributed by atoms with Crippen molar-refractivity contribution in [2.45, 2.75) is 6.92 Å². The predicted octanol–water partition coefficient (Wildman–Crippen LogP) is 4.38. The first-order chi connectivity index (χ1) is 13.7. The van der Waals surface area contributed by atoms with Crippen molar-refractivity contribution in [2.24, 2.45) is 0 Å². The average molecular weight is 436 g/mol. The molecule has 138 valence electrons. The van der Waals surface area contributed by atoms with Gasteiger partial charge in [0, 0.05) is 28.6 Å². The molecule has 0 aliphatic rings. The Hall–Kier alpha value is -3.46. The smallest absolute Gasteiger partial charge is 0.159 e. The van der Waals surface area contributed by atoms with Crippen molar-refractivity contribution in [1.29, 1.82) is 0 Å². The normalized spacial score (nSPS) is 11.2. The van der Waals surface area contributed by atoms with Gasteiger partial charge in [-0.05, 0) is 58.7 Å². The van der Waals surface area contributed by atoms with Gasteiger partial charge in [0.2, 0.25) is 0 Å². The molecule has 0 saturated heterocycles. The summed E-state index contributed by atoms with van der Waals surface area (Å²) in [7, 11) is 0. The molecule has 5 rings (SSSR count). The van der Waals surface area contributed by atoms with Gasteiger partial charge in [0.05, 0.1) is 0 Å². The quantitative estimate of drug-likeness (QED) is 0.451. The number of aryl methyl sites for hydroxylation is 1. The van der Waals surface area contributed by atoms with Gasteiger partial charge in [0.15, 0.2) is 11.5 Å². The number of pyridine rings is 1. The first kappa shape index (κ1) is 16.7. The van der Waals surface area contributed by atoms with Crippen molar-refractivity contribution >= 4 is 38.6 Å². The van der Waals surface area contributed by atoms with Crippen LogP contribution in [0.5, 0.6) is 11.5 Å². The summed E-state index contributed by atoms with van der Waals surface area (Å²) in [6, 6.07) is 11.5. The standard InChI is InChI=1S/C19H14BrN7O/c1-12-8-13(25-19-18-15(20)5-7-27(18)24-11-22-19)2-3-16(12)28-14-4-6-26-17(9-14)21-10-23-26/h2-11H,1H3,(H,22,24,25). The van der Waals surface area contributed by atoms with Crippen molar-refractivity contribution in [3.05, 3.63) is 71.5 Å². The van der Waals surface area contributed by atoms with Crippen LogP contribution in [0.1, 0.15) is 5.56 Å². The van der Waals surface area contributed by atoms with Crippen molar-refractivity contribution in [2.75, 3.05) is 5.32 Å². The highest BCUT2D eigenvalue weighted by Crippen LogP contribution is 2.30.